The van der Waals surface area contributed by atoms with E-state index < -0.39 is 0 Å². The van der Waals surface area contributed by atoms with Gasteiger partial charge in [-0.3, -0.25) is 0 Å². The lowest BCUT2D eigenvalue weighted by Gasteiger charge is -2.05. The topological polar surface area (TPSA) is 0 Å². The minimum atomic E-state index is -0.174. The molecule has 4 rings (SSSR count). The van der Waals surface area contributed by atoms with Crippen molar-refractivity contribution in [1.29, 1.82) is 0 Å². The third-order valence-corrected chi connectivity index (χ3v) is 5.55. The quantitative estimate of drug-likeness (QED) is 0.416. The van der Waals surface area contributed by atoms with Gasteiger partial charge in [0.15, 0.2) is 0 Å². The van der Waals surface area contributed by atoms with Crippen LogP contribution in [-0.4, -0.2) is 0 Å². The smallest absolute Gasteiger partial charge is 0.125 e. The summed E-state index contributed by atoms with van der Waals surface area (Å²) in [6.45, 7) is 0. The Hall–Kier alpha value is -1.84. The van der Waals surface area contributed by atoms with E-state index in [1.807, 2.05) is 30.3 Å². The predicted octanol–water partition coefficient (Wildman–Crippen LogP) is 6.34. The molecule has 0 atom stereocenters. The molecule has 0 saturated heterocycles. The van der Waals surface area contributed by atoms with Crippen LogP contribution in [0.25, 0.3) is 20.2 Å². The van der Waals surface area contributed by atoms with Crippen LogP contribution in [0.3, 0.4) is 0 Å². The molecule has 0 bridgehead atoms. The van der Waals surface area contributed by atoms with Gasteiger partial charge in [-0.2, -0.15) is 0 Å². The Balaban J connectivity index is 1.98. The fraction of sp³-hybridized carbons (Fsp3) is 0. The van der Waals surface area contributed by atoms with Crippen molar-refractivity contribution in [2.75, 3.05) is 0 Å². The van der Waals surface area contributed by atoms with Crippen LogP contribution in [0.1, 0.15) is 0 Å². The summed E-state index contributed by atoms with van der Waals surface area (Å²) in [4.78, 5) is 2.10. The molecule has 0 N–H and O–H groups in total. The van der Waals surface area contributed by atoms with Gasteiger partial charge in [0.2, 0.25) is 0 Å². The zero-order chi connectivity index (χ0) is 14.2. The van der Waals surface area contributed by atoms with Crippen molar-refractivity contribution in [1.82, 2.24) is 0 Å². The first-order chi connectivity index (χ1) is 10.3. The second-order valence-corrected chi connectivity index (χ2v) is 6.99. The fourth-order valence-corrected chi connectivity index (χ4v) is 4.74. The first-order valence-electron chi connectivity index (χ1n) is 6.65. The zero-order valence-corrected chi connectivity index (χ0v) is 12.7. The second-order valence-electron chi connectivity index (χ2n) is 4.79. The highest BCUT2D eigenvalue weighted by Crippen LogP contribution is 2.42. The summed E-state index contributed by atoms with van der Waals surface area (Å²) in [5, 5.41) is 2.36. The Morgan fingerprint density at radius 2 is 1.57 bits per heavy atom. The van der Waals surface area contributed by atoms with E-state index in [0.717, 1.165) is 19.9 Å². The molecule has 0 radical (unpaired) electrons. The van der Waals surface area contributed by atoms with Crippen LogP contribution in [0, 0.1) is 5.82 Å². The summed E-state index contributed by atoms with van der Waals surface area (Å²) >= 11 is 3.26. The molecule has 0 amide bonds. The Labute approximate surface area is 130 Å². The molecular formula is C18H11FS2. The van der Waals surface area contributed by atoms with Crippen LogP contribution in [0.15, 0.2) is 76.5 Å². The highest BCUT2D eigenvalue weighted by molar-refractivity contribution is 7.99. The summed E-state index contributed by atoms with van der Waals surface area (Å²) in [6, 6.07) is 21.6. The maximum absolute atomic E-state index is 13.9. The number of rotatable bonds is 2. The van der Waals surface area contributed by atoms with Crippen LogP contribution in [0.4, 0.5) is 4.39 Å². The van der Waals surface area contributed by atoms with Crippen molar-refractivity contribution in [2.24, 2.45) is 0 Å². The summed E-state index contributed by atoms with van der Waals surface area (Å²) in [7, 11) is 0. The lowest BCUT2D eigenvalue weighted by Crippen LogP contribution is -1.79. The second kappa shape index (κ2) is 5.17. The third kappa shape index (κ3) is 2.33. The molecule has 0 aliphatic heterocycles. The molecule has 0 fully saturated rings. The minimum absolute atomic E-state index is 0.174. The van der Waals surface area contributed by atoms with Gasteiger partial charge in [0.1, 0.15) is 5.82 Å². The lowest BCUT2D eigenvalue weighted by atomic mass is 10.1. The van der Waals surface area contributed by atoms with E-state index in [2.05, 4.69) is 24.3 Å². The number of hydrogen-bond acceptors (Lipinski definition) is 2. The van der Waals surface area contributed by atoms with Crippen LogP contribution >= 0.6 is 23.1 Å². The number of thiophene rings is 1. The first-order valence-corrected chi connectivity index (χ1v) is 8.28. The zero-order valence-electron chi connectivity index (χ0n) is 11.0. The molecule has 0 aliphatic carbocycles. The molecule has 0 aliphatic rings. The van der Waals surface area contributed by atoms with Gasteiger partial charge in [-0.05, 0) is 30.3 Å². The molecule has 1 heterocycles. The summed E-state index contributed by atoms with van der Waals surface area (Å²) in [6.07, 6.45) is 0. The molecule has 102 valence electrons. The van der Waals surface area contributed by atoms with Gasteiger partial charge in [-0.1, -0.05) is 48.2 Å². The molecule has 0 saturated carbocycles. The monoisotopic (exact) mass is 310 g/mol. The van der Waals surface area contributed by atoms with E-state index in [1.165, 1.54) is 10.1 Å². The van der Waals surface area contributed by atoms with Crippen LogP contribution < -0.4 is 0 Å². The van der Waals surface area contributed by atoms with Crippen LogP contribution in [0.5, 0.6) is 0 Å². The maximum atomic E-state index is 13.9. The van der Waals surface area contributed by atoms with Gasteiger partial charge in [0.25, 0.3) is 0 Å². The van der Waals surface area contributed by atoms with Crippen molar-refractivity contribution < 1.29 is 4.39 Å². The number of hydrogen-bond donors (Lipinski definition) is 0. The van der Waals surface area contributed by atoms with E-state index in [4.69, 9.17) is 0 Å². The molecular weight excluding hydrogens is 299 g/mol. The normalized spacial score (nSPS) is 11.3. The average Bonchev–Trinajstić information content (AvgIpc) is 2.86. The summed E-state index contributed by atoms with van der Waals surface area (Å²) < 4.78 is 16.1. The van der Waals surface area contributed by atoms with Gasteiger partial charge >= 0.3 is 0 Å². The average molecular weight is 310 g/mol. The van der Waals surface area contributed by atoms with Gasteiger partial charge in [-0.25, -0.2) is 4.39 Å². The summed E-state index contributed by atoms with van der Waals surface area (Å²) in [5.41, 5.74) is 0. The summed E-state index contributed by atoms with van der Waals surface area (Å²) in [5.74, 6) is -0.174. The van der Waals surface area contributed by atoms with Gasteiger partial charge in [0, 0.05) is 30.0 Å². The Bertz CT molecular complexity index is 926. The number of fused-ring (bicyclic) bond motifs is 3. The number of halogens is 1. The van der Waals surface area contributed by atoms with Crippen molar-refractivity contribution >= 4 is 43.3 Å². The molecule has 0 unspecified atom stereocenters. The molecule has 0 nitrogen and oxygen atoms in total. The minimum Gasteiger partial charge on any atom is -0.207 e. The van der Waals surface area contributed by atoms with E-state index >= 15 is 0 Å². The maximum Gasteiger partial charge on any atom is 0.125 e. The van der Waals surface area contributed by atoms with Crippen molar-refractivity contribution in [3.8, 4) is 0 Å². The van der Waals surface area contributed by atoms with Gasteiger partial charge in [0.05, 0.1) is 0 Å². The molecule has 3 aromatic carbocycles. The third-order valence-electron chi connectivity index (χ3n) is 3.38. The highest BCUT2D eigenvalue weighted by atomic mass is 32.2. The Kier molecular flexibility index (Phi) is 3.17. The lowest BCUT2D eigenvalue weighted by molar-refractivity contribution is 0.627. The van der Waals surface area contributed by atoms with E-state index in [-0.39, 0.29) is 5.82 Å². The molecule has 4 aromatic rings. The Morgan fingerprint density at radius 3 is 2.43 bits per heavy atom. The van der Waals surface area contributed by atoms with Crippen LogP contribution in [-0.2, 0) is 0 Å². The predicted molar refractivity (Wildman–Crippen MR) is 89.9 cm³/mol. The van der Waals surface area contributed by atoms with Gasteiger partial charge in [-0.15, -0.1) is 11.3 Å². The number of benzene rings is 3. The standard InChI is InChI=1S/C18H11FS2/c19-12-10-16(20-13-6-2-1-3-7-13)18-14-8-4-5-9-15(14)21-17(18)11-12/h1-11H. The largest absolute Gasteiger partial charge is 0.207 e. The van der Waals surface area contributed by atoms with E-state index in [1.54, 1.807) is 35.2 Å². The molecule has 21 heavy (non-hydrogen) atoms. The van der Waals surface area contributed by atoms with Gasteiger partial charge < -0.3 is 0 Å². The fourth-order valence-electron chi connectivity index (χ4n) is 2.48. The highest BCUT2D eigenvalue weighted by Gasteiger charge is 2.12. The van der Waals surface area contributed by atoms with E-state index in [9.17, 15) is 4.39 Å². The molecule has 0 spiro atoms. The van der Waals surface area contributed by atoms with E-state index in [0.29, 0.717) is 0 Å². The molecule has 3 heteroatoms. The van der Waals surface area contributed by atoms with Crippen molar-refractivity contribution in [3.05, 3.63) is 72.5 Å². The SMILES string of the molecule is Fc1cc(Sc2ccccc2)c2c(c1)sc1ccccc12. The molecule has 1 aromatic heterocycles. The van der Waals surface area contributed by atoms with Crippen molar-refractivity contribution in [2.45, 2.75) is 9.79 Å². The van der Waals surface area contributed by atoms with Crippen molar-refractivity contribution in [3.63, 3.8) is 0 Å². The van der Waals surface area contributed by atoms with Crippen LogP contribution in [0.2, 0.25) is 0 Å². The first kappa shape index (κ1) is 12.9. The Morgan fingerprint density at radius 1 is 0.810 bits per heavy atom.